The number of hydrogen-bond donors (Lipinski definition) is 1. The molecule has 12 heteroatoms. The molecule has 0 spiro atoms. The van der Waals surface area contributed by atoms with E-state index >= 15 is 0 Å². The summed E-state index contributed by atoms with van der Waals surface area (Å²) < 4.78 is 15.2. The van der Waals surface area contributed by atoms with E-state index in [4.69, 9.17) is 14.2 Å². The van der Waals surface area contributed by atoms with Crippen LogP contribution in [0, 0.1) is 0 Å². The first-order valence-electron chi connectivity index (χ1n) is 10.8. The standard InChI is InChI=1S/C21H32N2O10/c1-6-7-12-30-19(28)14(22-20(29)32-21(3,4)5)8-11-17(26)31-13(2)18(27)33-23-15(24)9-10-16(23)25/h13-14H,6-12H2,1-5H3,(H,22,29)/t13-,14-/m0/s1. The van der Waals surface area contributed by atoms with Crippen molar-refractivity contribution in [2.45, 2.75) is 90.9 Å². The van der Waals surface area contributed by atoms with Crippen molar-refractivity contribution in [3.63, 3.8) is 0 Å². The molecule has 1 N–H and O–H groups in total. The monoisotopic (exact) mass is 472 g/mol. The number of nitrogens with one attached hydrogen (secondary N) is 1. The number of nitrogens with zero attached hydrogens (tertiary/aromatic N) is 1. The first-order valence-corrected chi connectivity index (χ1v) is 10.8. The molecule has 12 nitrogen and oxygen atoms in total. The fourth-order valence-corrected chi connectivity index (χ4v) is 2.50. The highest BCUT2D eigenvalue weighted by Gasteiger charge is 2.35. The largest absolute Gasteiger partial charge is 0.464 e. The van der Waals surface area contributed by atoms with E-state index in [-0.39, 0.29) is 32.3 Å². The van der Waals surface area contributed by atoms with Crippen LogP contribution in [0.4, 0.5) is 4.79 Å². The Bertz CT molecular complexity index is 743. The maximum atomic E-state index is 12.3. The number of unbranched alkanes of at least 4 members (excludes halogenated alkanes) is 1. The fourth-order valence-electron chi connectivity index (χ4n) is 2.50. The van der Waals surface area contributed by atoms with Gasteiger partial charge in [-0.05, 0) is 40.5 Å². The average Bonchev–Trinajstić information content (AvgIpc) is 3.01. The third-order valence-corrected chi connectivity index (χ3v) is 4.18. The zero-order valence-electron chi connectivity index (χ0n) is 19.6. The molecule has 1 saturated heterocycles. The van der Waals surface area contributed by atoms with Gasteiger partial charge in [-0.1, -0.05) is 13.3 Å². The van der Waals surface area contributed by atoms with Crippen molar-refractivity contribution >= 4 is 35.8 Å². The van der Waals surface area contributed by atoms with Gasteiger partial charge in [-0.25, -0.2) is 14.4 Å². The average molecular weight is 472 g/mol. The summed E-state index contributed by atoms with van der Waals surface area (Å²) >= 11 is 0. The van der Waals surface area contributed by atoms with Crippen LogP contribution in [0.5, 0.6) is 0 Å². The lowest BCUT2D eigenvalue weighted by Gasteiger charge is -2.23. The van der Waals surface area contributed by atoms with E-state index in [1.807, 2.05) is 6.92 Å². The van der Waals surface area contributed by atoms with Gasteiger partial charge >= 0.3 is 24.0 Å². The molecule has 0 unspecified atom stereocenters. The van der Waals surface area contributed by atoms with Crippen molar-refractivity contribution < 1.29 is 47.8 Å². The summed E-state index contributed by atoms with van der Waals surface area (Å²) in [6, 6.07) is -1.17. The first kappa shape index (κ1) is 27.9. The van der Waals surface area contributed by atoms with E-state index in [0.29, 0.717) is 11.5 Å². The Hall–Kier alpha value is -3.18. The summed E-state index contributed by atoms with van der Waals surface area (Å²) in [4.78, 5) is 76.2. The van der Waals surface area contributed by atoms with Gasteiger partial charge in [0.1, 0.15) is 11.6 Å². The molecule has 1 heterocycles. The SMILES string of the molecule is CCCCOC(=O)[C@H](CCC(=O)O[C@@H](C)C(=O)ON1C(=O)CCC1=O)NC(=O)OC(C)(C)C. The lowest BCUT2D eigenvalue weighted by atomic mass is 10.1. The third kappa shape index (κ3) is 10.3. The second-order valence-corrected chi connectivity index (χ2v) is 8.38. The molecule has 1 aliphatic heterocycles. The van der Waals surface area contributed by atoms with Crippen LogP contribution in [0.1, 0.15) is 73.1 Å². The minimum absolute atomic E-state index is 0.0688. The number of hydrogen-bond acceptors (Lipinski definition) is 10. The number of esters is 2. The molecular formula is C21H32N2O10. The predicted molar refractivity (Wildman–Crippen MR) is 111 cm³/mol. The molecule has 0 aromatic carbocycles. The summed E-state index contributed by atoms with van der Waals surface area (Å²) in [6.45, 7) is 8.25. The minimum atomic E-state index is -1.41. The highest BCUT2D eigenvalue weighted by Crippen LogP contribution is 2.14. The second kappa shape index (κ2) is 12.8. The highest BCUT2D eigenvalue weighted by molar-refractivity contribution is 6.01. The third-order valence-electron chi connectivity index (χ3n) is 4.18. The van der Waals surface area contributed by atoms with E-state index in [0.717, 1.165) is 6.42 Å². The lowest BCUT2D eigenvalue weighted by molar-refractivity contribution is -0.205. The molecule has 186 valence electrons. The van der Waals surface area contributed by atoms with E-state index in [9.17, 15) is 28.8 Å². The number of carbonyl (C=O) groups is 6. The van der Waals surface area contributed by atoms with Gasteiger partial charge in [0, 0.05) is 19.3 Å². The van der Waals surface area contributed by atoms with Crippen molar-refractivity contribution in [1.82, 2.24) is 10.4 Å². The maximum absolute atomic E-state index is 12.3. The molecule has 2 atom stereocenters. The van der Waals surface area contributed by atoms with E-state index in [1.54, 1.807) is 20.8 Å². The molecule has 3 amide bonds. The Labute approximate surface area is 192 Å². The smallest absolute Gasteiger partial charge is 0.408 e. The van der Waals surface area contributed by atoms with Crippen molar-refractivity contribution in [1.29, 1.82) is 0 Å². The molecule has 0 radical (unpaired) electrons. The zero-order valence-corrected chi connectivity index (χ0v) is 19.6. The van der Waals surface area contributed by atoms with E-state index in [2.05, 4.69) is 10.2 Å². The van der Waals surface area contributed by atoms with Crippen molar-refractivity contribution in [3.8, 4) is 0 Å². The maximum Gasteiger partial charge on any atom is 0.408 e. The Morgan fingerprint density at radius 3 is 2.21 bits per heavy atom. The van der Waals surface area contributed by atoms with Crippen molar-refractivity contribution in [2.24, 2.45) is 0 Å². The van der Waals surface area contributed by atoms with Crippen LogP contribution in [0.3, 0.4) is 0 Å². The number of amides is 3. The van der Waals surface area contributed by atoms with Crippen molar-refractivity contribution in [3.05, 3.63) is 0 Å². The fraction of sp³-hybridized carbons (Fsp3) is 0.714. The summed E-state index contributed by atoms with van der Waals surface area (Å²) in [6.07, 6.45) is -1.49. The van der Waals surface area contributed by atoms with Gasteiger partial charge in [-0.3, -0.25) is 14.4 Å². The second-order valence-electron chi connectivity index (χ2n) is 8.38. The molecule has 0 aromatic heterocycles. The summed E-state index contributed by atoms with van der Waals surface area (Å²) in [5.74, 6) is -4.03. The van der Waals surface area contributed by atoms with Crippen LogP contribution in [-0.4, -0.2) is 65.2 Å². The number of carbonyl (C=O) groups excluding carboxylic acids is 6. The van der Waals surface area contributed by atoms with Crippen molar-refractivity contribution in [2.75, 3.05) is 6.61 Å². The first-order chi connectivity index (χ1) is 15.3. The molecule has 0 aliphatic carbocycles. The summed E-state index contributed by atoms with van der Waals surface area (Å²) in [7, 11) is 0. The molecule has 1 aliphatic rings. The number of alkyl carbamates (subject to hydrolysis) is 1. The van der Waals surface area contributed by atoms with Crippen LogP contribution in [0.25, 0.3) is 0 Å². The summed E-state index contributed by atoms with van der Waals surface area (Å²) in [5, 5.41) is 2.72. The molecule has 0 aromatic rings. The normalized spacial score (nSPS) is 15.5. The molecule has 33 heavy (non-hydrogen) atoms. The Balaban J connectivity index is 2.62. The number of hydroxylamine groups is 2. The van der Waals surface area contributed by atoms with E-state index < -0.39 is 53.6 Å². The lowest BCUT2D eigenvalue weighted by Crippen LogP contribution is -2.44. The van der Waals surface area contributed by atoms with Crippen LogP contribution in [0.2, 0.25) is 0 Å². The number of imide groups is 1. The zero-order chi connectivity index (χ0) is 25.2. The van der Waals surface area contributed by atoms with Gasteiger partial charge in [0.25, 0.3) is 11.8 Å². The quantitative estimate of drug-likeness (QED) is 0.203. The van der Waals surface area contributed by atoms with Crippen LogP contribution < -0.4 is 5.32 Å². The van der Waals surface area contributed by atoms with Crippen LogP contribution in [-0.2, 0) is 43.0 Å². The number of rotatable bonds is 11. The molecular weight excluding hydrogens is 440 g/mol. The summed E-state index contributed by atoms with van der Waals surface area (Å²) in [5.41, 5.74) is -0.798. The highest BCUT2D eigenvalue weighted by atomic mass is 16.7. The van der Waals surface area contributed by atoms with Gasteiger partial charge in [-0.15, -0.1) is 5.06 Å². The van der Waals surface area contributed by atoms with Gasteiger partial charge in [0.15, 0.2) is 6.10 Å². The predicted octanol–water partition coefficient (Wildman–Crippen LogP) is 1.54. The minimum Gasteiger partial charge on any atom is -0.464 e. The van der Waals surface area contributed by atoms with Gasteiger partial charge in [0.05, 0.1) is 6.61 Å². The molecule has 1 fully saturated rings. The van der Waals surface area contributed by atoms with E-state index in [1.165, 1.54) is 6.92 Å². The van der Waals surface area contributed by atoms with Gasteiger partial charge in [0.2, 0.25) is 0 Å². The number of ether oxygens (including phenoxy) is 3. The molecule has 0 saturated carbocycles. The Kier molecular flexibility index (Phi) is 10.8. The van der Waals surface area contributed by atoms with Crippen LogP contribution >= 0.6 is 0 Å². The topological polar surface area (TPSA) is 155 Å². The molecule has 0 bridgehead atoms. The Morgan fingerprint density at radius 2 is 1.67 bits per heavy atom. The molecule has 1 rings (SSSR count). The Morgan fingerprint density at radius 1 is 1.06 bits per heavy atom. The van der Waals surface area contributed by atoms with Crippen LogP contribution in [0.15, 0.2) is 0 Å². The van der Waals surface area contributed by atoms with Gasteiger partial charge < -0.3 is 24.4 Å². The van der Waals surface area contributed by atoms with Gasteiger partial charge in [-0.2, -0.15) is 0 Å².